The van der Waals surface area contributed by atoms with Gasteiger partial charge in [-0.15, -0.1) is 0 Å². The molecule has 10 nitrogen and oxygen atoms in total. The molecule has 0 fully saturated rings. The highest BCUT2D eigenvalue weighted by molar-refractivity contribution is 6.29. The van der Waals surface area contributed by atoms with Crippen molar-refractivity contribution >= 4 is 11.9 Å². The third-order valence-corrected chi connectivity index (χ3v) is 10.2. The topological polar surface area (TPSA) is 96.0 Å². The SMILES string of the molecule is CCCN(CCC)C(Cc1ccc(OC)c(OCCCc2ccccc2)c1)OC(=O)C(=O)OC(Cc1ccc(OC)c(OCCCc2ccccc2)c1)N(CCC)CCC. The second-order valence-electron chi connectivity index (χ2n) is 15.0. The largest absolute Gasteiger partial charge is 0.493 e. The molecule has 0 aliphatic carbocycles. The number of esters is 2. The van der Waals surface area contributed by atoms with Crippen LogP contribution >= 0.6 is 0 Å². The Kier molecular flexibility index (Phi) is 21.4. The molecule has 0 saturated heterocycles. The van der Waals surface area contributed by atoms with Crippen LogP contribution in [0.3, 0.4) is 0 Å². The average molecular weight is 825 g/mol. The van der Waals surface area contributed by atoms with Gasteiger partial charge >= 0.3 is 11.9 Å². The molecule has 0 aliphatic heterocycles. The Morgan fingerprint density at radius 1 is 0.483 bits per heavy atom. The van der Waals surface area contributed by atoms with Gasteiger partial charge in [-0.2, -0.15) is 0 Å². The number of nitrogens with zero attached hydrogens (tertiary/aromatic N) is 2. The number of methoxy groups -OCH3 is 2. The summed E-state index contributed by atoms with van der Waals surface area (Å²) in [6, 6.07) is 32.2. The molecule has 0 saturated carbocycles. The summed E-state index contributed by atoms with van der Waals surface area (Å²) in [7, 11) is 3.24. The molecule has 326 valence electrons. The van der Waals surface area contributed by atoms with Crippen molar-refractivity contribution in [2.75, 3.05) is 53.6 Å². The van der Waals surface area contributed by atoms with Crippen LogP contribution in [-0.2, 0) is 44.7 Å². The lowest BCUT2D eigenvalue weighted by atomic mass is 10.1. The van der Waals surface area contributed by atoms with Gasteiger partial charge in [-0.1, -0.05) is 100 Å². The van der Waals surface area contributed by atoms with E-state index < -0.39 is 24.4 Å². The maximum Gasteiger partial charge on any atom is 0.419 e. The first-order valence-electron chi connectivity index (χ1n) is 21.9. The Balaban J connectivity index is 1.48. The van der Waals surface area contributed by atoms with Crippen molar-refractivity contribution in [3.05, 3.63) is 119 Å². The lowest BCUT2D eigenvalue weighted by Crippen LogP contribution is -2.45. The molecule has 4 rings (SSSR count). The summed E-state index contributed by atoms with van der Waals surface area (Å²) < 4.78 is 35.9. The molecule has 0 aromatic heterocycles. The van der Waals surface area contributed by atoms with Crippen LogP contribution < -0.4 is 18.9 Å². The van der Waals surface area contributed by atoms with E-state index in [1.807, 2.05) is 72.8 Å². The number of hydrogen-bond acceptors (Lipinski definition) is 10. The zero-order valence-corrected chi connectivity index (χ0v) is 36.9. The third kappa shape index (κ3) is 15.8. The summed E-state index contributed by atoms with van der Waals surface area (Å²) in [6.07, 6.45) is 6.20. The van der Waals surface area contributed by atoms with Gasteiger partial charge in [0.2, 0.25) is 0 Å². The van der Waals surface area contributed by atoms with Crippen molar-refractivity contribution in [2.45, 2.75) is 104 Å². The van der Waals surface area contributed by atoms with Crippen molar-refractivity contribution in [1.82, 2.24) is 9.80 Å². The van der Waals surface area contributed by atoms with E-state index in [4.69, 9.17) is 28.4 Å². The van der Waals surface area contributed by atoms with E-state index in [2.05, 4.69) is 61.8 Å². The van der Waals surface area contributed by atoms with Crippen LogP contribution in [0.2, 0.25) is 0 Å². The summed E-state index contributed by atoms with van der Waals surface area (Å²) in [4.78, 5) is 31.8. The standard InChI is InChI=1S/C50H68N2O8/c1-7-29-51(30-8-2)47(37-41-25-27-43(55-5)45(35-41)57-33-17-23-39-19-13-11-14-20-39)59-49(53)50(54)60-48(52(31-9-3)32-10-4)38-42-26-28-44(56-6)46(36-42)58-34-18-24-40-21-15-12-16-22-40/h11-16,19-22,25-28,35-36,47-48H,7-10,17-18,23-24,29-34,37-38H2,1-6H3. The number of rotatable bonds is 28. The Morgan fingerprint density at radius 2 is 0.850 bits per heavy atom. The minimum atomic E-state index is -1.02. The van der Waals surface area contributed by atoms with Crippen LogP contribution in [0.1, 0.15) is 88.5 Å². The van der Waals surface area contributed by atoms with E-state index in [9.17, 15) is 9.59 Å². The summed E-state index contributed by atoms with van der Waals surface area (Å²) in [6.45, 7) is 12.2. The van der Waals surface area contributed by atoms with Gasteiger partial charge in [0, 0.05) is 39.0 Å². The van der Waals surface area contributed by atoms with E-state index >= 15 is 0 Å². The Labute approximate surface area is 359 Å². The zero-order valence-electron chi connectivity index (χ0n) is 36.9. The van der Waals surface area contributed by atoms with E-state index in [1.54, 1.807) is 14.2 Å². The molecule has 0 heterocycles. The molecule has 2 atom stereocenters. The fraction of sp³-hybridized carbons (Fsp3) is 0.480. The number of carbonyl (C=O) groups excluding carboxylic acids is 2. The fourth-order valence-corrected chi connectivity index (χ4v) is 7.31. The van der Waals surface area contributed by atoms with Crippen molar-refractivity contribution in [1.29, 1.82) is 0 Å². The summed E-state index contributed by atoms with van der Waals surface area (Å²) >= 11 is 0. The summed E-state index contributed by atoms with van der Waals surface area (Å²) in [5.74, 6) is 0.473. The molecule has 0 aliphatic rings. The van der Waals surface area contributed by atoms with Gasteiger partial charge in [0.1, 0.15) is 0 Å². The predicted molar refractivity (Wildman–Crippen MR) is 238 cm³/mol. The van der Waals surface area contributed by atoms with Crippen molar-refractivity contribution in [3.8, 4) is 23.0 Å². The highest BCUT2D eigenvalue weighted by Gasteiger charge is 2.31. The lowest BCUT2D eigenvalue weighted by Gasteiger charge is -2.32. The van der Waals surface area contributed by atoms with Crippen molar-refractivity contribution in [3.63, 3.8) is 0 Å². The molecule has 4 aromatic carbocycles. The van der Waals surface area contributed by atoms with Crippen molar-refractivity contribution < 1.29 is 38.0 Å². The quantitative estimate of drug-likeness (QED) is 0.0239. The number of aryl methyl sites for hydroxylation is 2. The summed E-state index contributed by atoms with van der Waals surface area (Å²) in [5.41, 5.74) is 4.31. The zero-order chi connectivity index (χ0) is 43.0. The number of hydrogen-bond donors (Lipinski definition) is 0. The first kappa shape index (κ1) is 47.6. The molecule has 60 heavy (non-hydrogen) atoms. The molecule has 0 radical (unpaired) electrons. The van der Waals surface area contributed by atoms with E-state index in [0.29, 0.717) is 75.2 Å². The average Bonchev–Trinajstić information content (AvgIpc) is 3.27. The molecule has 0 spiro atoms. The van der Waals surface area contributed by atoms with Crippen LogP contribution in [0.25, 0.3) is 0 Å². The monoisotopic (exact) mass is 824 g/mol. The van der Waals surface area contributed by atoms with Gasteiger partial charge in [-0.3, -0.25) is 9.80 Å². The number of carbonyl (C=O) groups is 2. The van der Waals surface area contributed by atoms with E-state index in [1.165, 1.54) is 11.1 Å². The smallest absolute Gasteiger partial charge is 0.419 e. The van der Waals surface area contributed by atoms with Gasteiger partial charge in [0.15, 0.2) is 35.5 Å². The molecule has 2 unspecified atom stereocenters. The molecule has 0 bridgehead atoms. The van der Waals surface area contributed by atoms with E-state index in [0.717, 1.165) is 62.5 Å². The normalized spacial score (nSPS) is 12.2. The Bertz CT molecular complexity index is 1680. The summed E-state index contributed by atoms with van der Waals surface area (Å²) in [5, 5.41) is 0. The molecule has 10 heteroatoms. The van der Waals surface area contributed by atoms with Crippen molar-refractivity contribution in [2.24, 2.45) is 0 Å². The van der Waals surface area contributed by atoms with Gasteiger partial charge in [-0.05, 0) is 97.9 Å². The maximum atomic E-state index is 13.8. The van der Waals surface area contributed by atoms with Crippen LogP contribution in [0, 0.1) is 0 Å². The molecule has 0 amide bonds. The van der Waals surface area contributed by atoms with Crippen LogP contribution in [0.5, 0.6) is 23.0 Å². The molecule has 4 aromatic rings. The first-order valence-corrected chi connectivity index (χ1v) is 21.9. The molecular weight excluding hydrogens is 757 g/mol. The molecule has 0 N–H and O–H groups in total. The van der Waals surface area contributed by atoms with Crippen LogP contribution in [-0.4, -0.2) is 87.8 Å². The first-order chi connectivity index (χ1) is 29.3. The number of ether oxygens (including phenoxy) is 6. The van der Waals surface area contributed by atoms with Gasteiger partial charge in [0.05, 0.1) is 27.4 Å². The second-order valence-corrected chi connectivity index (χ2v) is 15.0. The minimum absolute atomic E-state index is 0.352. The predicted octanol–water partition coefficient (Wildman–Crippen LogP) is 9.49. The van der Waals surface area contributed by atoms with E-state index in [-0.39, 0.29) is 0 Å². The van der Waals surface area contributed by atoms with Crippen LogP contribution in [0.4, 0.5) is 0 Å². The van der Waals surface area contributed by atoms with Crippen LogP contribution in [0.15, 0.2) is 97.1 Å². The number of benzene rings is 4. The maximum absolute atomic E-state index is 13.8. The van der Waals surface area contributed by atoms with Gasteiger partial charge in [0.25, 0.3) is 0 Å². The second kappa shape index (κ2) is 26.9. The Morgan fingerprint density at radius 3 is 1.18 bits per heavy atom. The fourth-order valence-electron chi connectivity index (χ4n) is 7.31. The van der Waals surface area contributed by atoms with Gasteiger partial charge in [-0.25, -0.2) is 9.59 Å². The lowest BCUT2D eigenvalue weighted by molar-refractivity contribution is -0.185. The Hall–Kier alpha value is -5.06. The third-order valence-electron chi connectivity index (χ3n) is 10.2. The minimum Gasteiger partial charge on any atom is -0.493 e. The molecular formula is C50H68N2O8. The van der Waals surface area contributed by atoms with Gasteiger partial charge < -0.3 is 28.4 Å². The highest BCUT2D eigenvalue weighted by Crippen LogP contribution is 2.31. The highest BCUT2D eigenvalue weighted by atomic mass is 16.6.